The van der Waals surface area contributed by atoms with Crippen LogP contribution in [0.5, 0.6) is 0 Å². The second kappa shape index (κ2) is 8.43. The average Bonchev–Trinajstić information content (AvgIpc) is 3.44. The quantitative estimate of drug-likeness (QED) is 0.725. The molecule has 7 nitrogen and oxygen atoms in total. The van der Waals surface area contributed by atoms with Crippen LogP contribution in [0.4, 0.5) is 20.4 Å². The zero-order valence-electron chi connectivity index (χ0n) is 17.2. The molecule has 1 spiro atoms. The van der Waals surface area contributed by atoms with E-state index in [2.05, 4.69) is 34.7 Å². The fraction of sp³-hybridized carbons (Fsp3) is 0.476. The van der Waals surface area contributed by atoms with Crippen molar-refractivity contribution >= 4 is 45.8 Å². The number of hydrogen-bond donors (Lipinski definition) is 2. The number of nitrogens with zero attached hydrogens (tertiary/aromatic N) is 3. The molecular formula is C21H26ClN5O2S. The van der Waals surface area contributed by atoms with Crippen LogP contribution in [0.3, 0.4) is 0 Å². The first-order chi connectivity index (χ1) is 14.5. The monoisotopic (exact) mass is 447 g/mol. The van der Waals surface area contributed by atoms with Gasteiger partial charge in [-0.25, -0.2) is 14.6 Å². The molecule has 1 aromatic heterocycles. The summed E-state index contributed by atoms with van der Waals surface area (Å²) in [4.78, 5) is 33.1. The third-order valence-electron chi connectivity index (χ3n) is 5.99. The maximum Gasteiger partial charge on any atom is 0.328 e. The van der Waals surface area contributed by atoms with E-state index in [0.717, 1.165) is 36.9 Å². The van der Waals surface area contributed by atoms with E-state index in [4.69, 9.17) is 11.6 Å². The van der Waals surface area contributed by atoms with Gasteiger partial charge >= 0.3 is 12.1 Å². The van der Waals surface area contributed by atoms with Gasteiger partial charge in [0.25, 0.3) is 0 Å². The van der Waals surface area contributed by atoms with E-state index in [0.29, 0.717) is 29.1 Å². The number of halogens is 1. The Morgan fingerprint density at radius 2 is 2.13 bits per heavy atom. The summed E-state index contributed by atoms with van der Waals surface area (Å²) in [7, 11) is 1.65. The molecule has 1 aromatic carbocycles. The number of aryl methyl sites for hydroxylation is 1. The van der Waals surface area contributed by atoms with Gasteiger partial charge < -0.3 is 10.2 Å². The van der Waals surface area contributed by atoms with Crippen LogP contribution >= 0.6 is 22.9 Å². The van der Waals surface area contributed by atoms with E-state index in [-0.39, 0.29) is 17.5 Å². The normalized spacial score (nSPS) is 20.0. The molecule has 30 heavy (non-hydrogen) atoms. The molecular weight excluding hydrogens is 422 g/mol. The lowest BCUT2D eigenvalue weighted by Crippen LogP contribution is -2.43. The number of fused-ring (bicyclic) bond motifs is 2. The number of carbonyl (C=O) groups is 2. The molecule has 2 aromatic rings. The fourth-order valence-corrected chi connectivity index (χ4v) is 5.26. The lowest BCUT2D eigenvalue weighted by atomic mass is 9.81. The maximum atomic E-state index is 13.1. The van der Waals surface area contributed by atoms with E-state index in [1.54, 1.807) is 11.9 Å². The summed E-state index contributed by atoms with van der Waals surface area (Å²) >= 11 is 7.18. The maximum absolute atomic E-state index is 13.1. The van der Waals surface area contributed by atoms with E-state index >= 15 is 0 Å². The van der Waals surface area contributed by atoms with Gasteiger partial charge in [0.05, 0.1) is 6.20 Å². The van der Waals surface area contributed by atoms with Gasteiger partial charge in [0.1, 0.15) is 4.34 Å². The van der Waals surface area contributed by atoms with Crippen molar-refractivity contribution in [3.05, 3.63) is 39.9 Å². The van der Waals surface area contributed by atoms with Crippen LogP contribution in [0, 0.1) is 0 Å². The molecule has 0 saturated carbocycles. The van der Waals surface area contributed by atoms with E-state index in [9.17, 15) is 9.59 Å². The van der Waals surface area contributed by atoms with Crippen molar-refractivity contribution in [3.8, 4) is 0 Å². The van der Waals surface area contributed by atoms with Crippen molar-refractivity contribution in [3.63, 3.8) is 0 Å². The minimum Gasteiger partial charge on any atom is -0.341 e. The molecule has 1 atom stereocenters. The Balaban J connectivity index is 1.65. The highest BCUT2D eigenvalue weighted by Crippen LogP contribution is 2.47. The number of amides is 4. The number of carbonyl (C=O) groups excluding carboxylic acids is 2. The third kappa shape index (κ3) is 3.86. The van der Waals surface area contributed by atoms with E-state index in [1.807, 2.05) is 11.0 Å². The molecule has 3 heterocycles. The number of rotatable bonds is 4. The lowest BCUT2D eigenvalue weighted by molar-refractivity contribution is 0.208. The number of unbranched alkanes of at least 4 members (excludes halogenated alkanes) is 1. The van der Waals surface area contributed by atoms with Gasteiger partial charge in [-0.1, -0.05) is 48.4 Å². The van der Waals surface area contributed by atoms with Crippen molar-refractivity contribution < 1.29 is 9.59 Å². The minimum atomic E-state index is -0.248. The number of aromatic nitrogens is 1. The molecule has 4 rings (SSSR count). The Kier molecular flexibility index (Phi) is 5.88. The molecule has 1 saturated heterocycles. The van der Waals surface area contributed by atoms with Crippen LogP contribution in [-0.4, -0.2) is 48.6 Å². The van der Waals surface area contributed by atoms with Crippen LogP contribution in [0.15, 0.2) is 24.4 Å². The molecule has 2 aliphatic rings. The predicted molar refractivity (Wildman–Crippen MR) is 121 cm³/mol. The summed E-state index contributed by atoms with van der Waals surface area (Å²) in [6, 6.07) is 6.10. The zero-order valence-corrected chi connectivity index (χ0v) is 18.8. The number of nitrogens with one attached hydrogen (secondary N) is 2. The molecule has 9 heteroatoms. The summed E-state index contributed by atoms with van der Waals surface area (Å²) in [6.45, 7) is 4.00. The number of anilines is 2. The first kappa shape index (κ1) is 20.9. The summed E-state index contributed by atoms with van der Waals surface area (Å²) in [5.74, 6) is 0. The Labute approximate surface area is 185 Å². The van der Waals surface area contributed by atoms with Gasteiger partial charge in [0, 0.05) is 37.8 Å². The second-order valence-corrected chi connectivity index (χ2v) is 9.61. The minimum absolute atomic E-state index is 0.0732. The first-order valence-electron chi connectivity index (χ1n) is 10.3. The summed E-state index contributed by atoms with van der Waals surface area (Å²) in [5, 5.41) is 6.06. The number of benzene rings is 1. The molecule has 4 amide bonds. The highest BCUT2D eigenvalue weighted by Gasteiger charge is 2.49. The van der Waals surface area contributed by atoms with Crippen molar-refractivity contribution in [1.29, 1.82) is 0 Å². The molecule has 2 aliphatic heterocycles. The van der Waals surface area contributed by atoms with Gasteiger partial charge in [-0.2, -0.15) is 0 Å². The standard InChI is InChI=1S/C21H26ClN5O2S/c1-3-4-5-14-6-7-16-15(10-14)21(8-9-26(12-21)19(28)23-2)13-27(16)20(29)25-18-24-11-17(22)30-18/h6-7,10-11H,3-5,8-9,12-13H2,1-2H3,(H,23,28)(H,24,25,29). The fourth-order valence-electron chi connectivity index (χ4n) is 4.46. The highest BCUT2D eigenvalue weighted by atomic mass is 35.5. The van der Waals surface area contributed by atoms with Crippen molar-refractivity contribution in [2.75, 3.05) is 36.9 Å². The first-order valence-corrected chi connectivity index (χ1v) is 11.4. The Morgan fingerprint density at radius 3 is 2.83 bits per heavy atom. The molecule has 2 N–H and O–H groups in total. The molecule has 0 radical (unpaired) electrons. The van der Waals surface area contributed by atoms with Crippen LogP contribution in [0.25, 0.3) is 0 Å². The van der Waals surface area contributed by atoms with Crippen molar-refractivity contribution in [2.24, 2.45) is 0 Å². The largest absolute Gasteiger partial charge is 0.341 e. The smallest absolute Gasteiger partial charge is 0.328 e. The average molecular weight is 448 g/mol. The molecule has 0 aliphatic carbocycles. The summed E-state index contributed by atoms with van der Waals surface area (Å²) < 4.78 is 0.529. The van der Waals surface area contributed by atoms with E-state index < -0.39 is 0 Å². The van der Waals surface area contributed by atoms with Crippen LogP contribution < -0.4 is 15.5 Å². The second-order valence-electron chi connectivity index (χ2n) is 7.95. The van der Waals surface area contributed by atoms with Gasteiger partial charge in [0.2, 0.25) is 0 Å². The van der Waals surface area contributed by atoms with Gasteiger partial charge in [-0.05, 0) is 36.5 Å². The Morgan fingerprint density at radius 1 is 1.30 bits per heavy atom. The van der Waals surface area contributed by atoms with Gasteiger partial charge in [-0.3, -0.25) is 10.2 Å². The number of urea groups is 2. The predicted octanol–water partition coefficient (Wildman–Crippen LogP) is 4.47. The number of thiazole rings is 1. The SMILES string of the molecule is CCCCc1ccc2c(c1)C1(CCN(C(=O)NC)C1)CN2C(=O)Nc1ncc(Cl)s1. The van der Waals surface area contributed by atoms with Gasteiger partial charge in [-0.15, -0.1) is 0 Å². The Hall–Kier alpha value is -2.32. The molecule has 1 unspecified atom stereocenters. The molecule has 160 valence electrons. The summed E-state index contributed by atoms with van der Waals surface area (Å²) in [5.41, 5.74) is 3.10. The Bertz CT molecular complexity index is 965. The highest BCUT2D eigenvalue weighted by molar-refractivity contribution is 7.19. The third-order valence-corrected chi connectivity index (χ3v) is 7.02. The van der Waals surface area contributed by atoms with Gasteiger partial charge in [0.15, 0.2) is 5.13 Å². The lowest BCUT2D eigenvalue weighted by Gasteiger charge is -2.25. The topological polar surface area (TPSA) is 77.6 Å². The zero-order chi connectivity index (χ0) is 21.3. The van der Waals surface area contributed by atoms with Crippen LogP contribution in [-0.2, 0) is 11.8 Å². The summed E-state index contributed by atoms with van der Waals surface area (Å²) in [6.07, 6.45) is 5.64. The molecule has 0 bridgehead atoms. The van der Waals surface area contributed by atoms with Crippen LogP contribution in [0.2, 0.25) is 4.34 Å². The number of hydrogen-bond acceptors (Lipinski definition) is 4. The van der Waals surface area contributed by atoms with Crippen LogP contribution in [0.1, 0.15) is 37.3 Å². The van der Waals surface area contributed by atoms with Crippen molar-refractivity contribution in [1.82, 2.24) is 15.2 Å². The number of likely N-dealkylation sites (tertiary alicyclic amines) is 1. The van der Waals surface area contributed by atoms with E-state index in [1.165, 1.54) is 23.1 Å². The van der Waals surface area contributed by atoms with Crippen molar-refractivity contribution in [2.45, 2.75) is 38.0 Å². The molecule has 1 fully saturated rings.